The van der Waals surface area contributed by atoms with Gasteiger partial charge in [-0.3, -0.25) is 14.4 Å². The fourth-order valence-electron chi connectivity index (χ4n) is 3.49. The van der Waals surface area contributed by atoms with Gasteiger partial charge in [-0.15, -0.1) is 0 Å². The lowest BCUT2D eigenvalue weighted by Gasteiger charge is -2.30. The second kappa shape index (κ2) is 10.2. The molecule has 0 heterocycles. The third-order valence-corrected chi connectivity index (χ3v) is 5.04. The van der Waals surface area contributed by atoms with E-state index in [2.05, 4.69) is 11.1 Å². The van der Waals surface area contributed by atoms with Gasteiger partial charge in [0.2, 0.25) is 0 Å². The Morgan fingerprint density at radius 3 is 2.20 bits per heavy atom. The second-order valence-electron chi connectivity index (χ2n) is 7.56. The van der Waals surface area contributed by atoms with Crippen LogP contribution in [-0.4, -0.2) is 42.5 Å². The van der Waals surface area contributed by atoms with E-state index in [4.69, 9.17) is 14.2 Å². The Morgan fingerprint density at radius 1 is 1.03 bits per heavy atom. The molecule has 1 saturated carbocycles. The number of rotatable bonds is 7. The highest BCUT2D eigenvalue weighted by Gasteiger charge is 2.41. The van der Waals surface area contributed by atoms with Crippen molar-refractivity contribution in [3.05, 3.63) is 23.8 Å². The summed E-state index contributed by atoms with van der Waals surface area (Å²) >= 11 is 0. The molecule has 4 N–H and O–H groups in total. The lowest BCUT2D eigenvalue weighted by molar-refractivity contribution is -0.464. The van der Waals surface area contributed by atoms with Gasteiger partial charge in [-0.2, -0.15) is 0 Å². The third-order valence-electron chi connectivity index (χ3n) is 5.04. The summed E-state index contributed by atoms with van der Waals surface area (Å²) in [5, 5.41) is 2.76. The van der Waals surface area contributed by atoms with Crippen LogP contribution in [-0.2, 0) is 30.3 Å². The van der Waals surface area contributed by atoms with E-state index in [1.807, 2.05) is 0 Å². The maximum atomic E-state index is 12.8. The Labute approximate surface area is 175 Å². The molecule has 1 fully saturated rings. The van der Waals surface area contributed by atoms with Gasteiger partial charge in [0, 0.05) is 33.1 Å². The molecule has 1 aromatic carbocycles. The van der Waals surface area contributed by atoms with E-state index in [1.165, 1.54) is 33.1 Å². The molecule has 1 atom stereocenters. The highest BCUT2D eigenvalue weighted by atomic mass is 16.6. The first-order chi connectivity index (χ1) is 14.1. The summed E-state index contributed by atoms with van der Waals surface area (Å²) in [6, 6.07) is 3.64. The minimum absolute atomic E-state index is 0.0473. The number of ether oxygens (including phenoxy) is 3. The van der Waals surface area contributed by atoms with Crippen molar-refractivity contribution >= 4 is 23.8 Å². The number of esters is 3. The molecular formula is C21H29N2O7+. The molecule has 0 aromatic heterocycles. The predicted octanol–water partition coefficient (Wildman–Crippen LogP) is 0.682. The van der Waals surface area contributed by atoms with Crippen LogP contribution in [0.1, 0.15) is 51.5 Å². The van der Waals surface area contributed by atoms with E-state index in [9.17, 15) is 19.2 Å². The van der Waals surface area contributed by atoms with Crippen LogP contribution >= 0.6 is 0 Å². The summed E-state index contributed by atoms with van der Waals surface area (Å²) < 4.78 is 15.0. The molecule has 1 aliphatic rings. The first kappa shape index (κ1) is 23.3. The van der Waals surface area contributed by atoms with E-state index < -0.39 is 29.5 Å². The molecular weight excluding hydrogens is 392 g/mol. The van der Waals surface area contributed by atoms with Gasteiger partial charge in [0.05, 0.1) is 7.11 Å². The number of quaternary nitrogens is 1. The SMILES string of the molecule is COC(=O)[C@H](Cc1ccc(OC(C)=O)c(OC(C)=O)c1)NC(=O)C1([NH3+])CCCCC1. The van der Waals surface area contributed by atoms with Crippen LogP contribution in [0.25, 0.3) is 0 Å². The average Bonchev–Trinajstić information content (AvgIpc) is 2.68. The van der Waals surface area contributed by atoms with Crippen LogP contribution < -0.4 is 20.5 Å². The van der Waals surface area contributed by atoms with Crippen molar-refractivity contribution in [1.29, 1.82) is 0 Å². The number of carbonyl (C=O) groups is 4. The molecule has 9 heteroatoms. The predicted molar refractivity (Wildman–Crippen MR) is 105 cm³/mol. The van der Waals surface area contributed by atoms with Crippen LogP contribution in [0.4, 0.5) is 0 Å². The first-order valence-corrected chi connectivity index (χ1v) is 9.88. The summed E-state index contributed by atoms with van der Waals surface area (Å²) in [4.78, 5) is 47.8. The normalized spacial score (nSPS) is 16.1. The monoisotopic (exact) mass is 421 g/mol. The number of carbonyl (C=O) groups excluding carboxylic acids is 4. The van der Waals surface area contributed by atoms with Gasteiger partial charge >= 0.3 is 17.9 Å². The van der Waals surface area contributed by atoms with Gasteiger partial charge in [0.15, 0.2) is 17.0 Å². The molecule has 1 aliphatic carbocycles. The molecule has 0 bridgehead atoms. The van der Waals surface area contributed by atoms with Gasteiger partial charge in [0.1, 0.15) is 6.04 Å². The molecule has 0 radical (unpaired) electrons. The molecule has 0 unspecified atom stereocenters. The molecule has 30 heavy (non-hydrogen) atoms. The zero-order valence-electron chi connectivity index (χ0n) is 17.6. The highest BCUT2D eigenvalue weighted by Crippen LogP contribution is 2.30. The van der Waals surface area contributed by atoms with E-state index in [1.54, 1.807) is 6.07 Å². The molecule has 1 aromatic rings. The summed E-state index contributed by atoms with van der Waals surface area (Å²) in [5.74, 6) is -1.90. The van der Waals surface area contributed by atoms with Gasteiger partial charge < -0.3 is 25.3 Å². The van der Waals surface area contributed by atoms with Crippen molar-refractivity contribution in [3.8, 4) is 11.5 Å². The van der Waals surface area contributed by atoms with Crippen LogP contribution in [0.5, 0.6) is 11.5 Å². The minimum Gasteiger partial charge on any atom is -0.467 e. The lowest BCUT2D eigenvalue weighted by Crippen LogP contribution is -2.79. The Hall–Kier alpha value is -2.94. The van der Waals surface area contributed by atoms with Gasteiger partial charge in [0.25, 0.3) is 5.91 Å². The molecule has 2 rings (SSSR count). The quantitative estimate of drug-likeness (QED) is 0.488. The van der Waals surface area contributed by atoms with Crippen LogP contribution in [0.3, 0.4) is 0 Å². The molecule has 164 valence electrons. The van der Waals surface area contributed by atoms with Crippen molar-refractivity contribution in [2.24, 2.45) is 0 Å². The van der Waals surface area contributed by atoms with Crippen molar-refractivity contribution in [2.45, 2.75) is 64.0 Å². The highest BCUT2D eigenvalue weighted by molar-refractivity contribution is 5.89. The summed E-state index contributed by atoms with van der Waals surface area (Å²) in [5.41, 5.74) is 3.92. The zero-order chi connectivity index (χ0) is 22.3. The lowest BCUT2D eigenvalue weighted by atomic mass is 9.81. The third kappa shape index (κ3) is 6.28. The minimum atomic E-state index is -0.937. The van der Waals surface area contributed by atoms with Gasteiger partial charge in [-0.1, -0.05) is 12.5 Å². The maximum Gasteiger partial charge on any atom is 0.328 e. The number of benzene rings is 1. The largest absolute Gasteiger partial charge is 0.467 e. The Kier molecular flexibility index (Phi) is 7.93. The van der Waals surface area contributed by atoms with Crippen LogP contribution in [0.15, 0.2) is 18.2 Å². The summed E-state index contributed by atoms with van der Waals surface area (Å²) in [7, 11) is 1.25. The van der Waals surface area contributed by atoms with Crippen molar-refractivity contribution < 1.29 is 39.1 Å². The molecule has 0 aliphatic heterocycles. The fraction of sp³-hybridized carbons (Fsp3) is 0.524. The number of amides is 1. The number of methoxy groups -OCH3 is 1. The van der Waals surface area contributed by atoms with E-state index in [0.29, 0.717) is 18.4 Å². The topological polar surface area (TPSA) is 136 Å². The number of hydrogen-bond acceptors (Lipinski definition) is 7. The number of hydrogen-bond donors (Lipinski definition) is 2. The van der Waals surface area contributed by atoms with Crippen molar-refractivity contribution in [2.75, 3.05) is 7.11 Å². The van der Waals surface area contributed by atoms with E-state index in [0.717, 1.165) is 19.3 Å². The average molecular weight is 421 g/mol. The smallest absolute Gasteiger partial charge is 0.328 e. The Balaban J connectivity index is 2.22. The molecule has 9 nitrogen and oxygen atoms in total. The van der Waals surface area contributed by atoms with Crippen molar-refractivity contribution in [3.63, 3.8) is 0 Å². The maximum absolute atomic E-state index is 12.8. The van der Waals surface area contributed by atoms with Gasteiger partial charge in [-0.25, -0.2) is 4.79 Å². The summed E-state index contributed by atoms with van der Waals surface area (Å²) in [6.45, 7) is 2.45. The summed E-state index contributed by atoms with van der Waals surface area (Å²) in [6.07, 6.45) is 4.34. The van der Waals surface area contributed by atoms with Crippen LogP contribution in [0, 0.1) is 0 Å². The molecule has 0 spiro atoms. The van der Waals surface area contributed by atoms with Gasteiger partial charge in [-0.05, 0) is 30.5 Å². The second-order valence-corrected chi connectivity index (χ2v) is 7.56. The molecule has 0 saturated heterocycles. The Bertz CT molecular complexity index is 816. The fourth-order valence-corrected chi connectivity index (χ4v) is 3.49. The number of nitrogens with one attached hydrogen (secondary N) is 1. The van der Waals surface area contributed by atoms with Crippen LogP contribution in [0.2, 0.25) is 0 Å². The zero-order valence-corrected chi connectivity index (χ0v) is 17.6. The van der Waals surface area contributed by atoms with E-state index in [-0.39, 0.29) is 23.8 Å². The van der Waals surface area contributed by atoms with Crippen molar-refractivity contribution in [1.82, 2.24) is 5.32 Å². The standard InChI is InChI=1S/C21H28N2O7/c1-13(24)29-17-8-7-15(12-18(17)30-14(2)25)11-16(19(26)28-3)23-20(27)21(22)9-5-4-6-10-21/h7-8,12,16H,4-6,9-11,22H2,1-3H3,(H,23,27)/p+1/t16-/m0/s1. The first-order valence-electron chi connectivity index (χ1n) is 9.88. The Morgan fingerprint density at radius 2 is 1.63 bits per heavy atom. The van der Waals surface area contributed by atoms with E-state index >= 15 is 0 Å². The molecule has 1 amide bonds.